The van der Waals surface area contributed by atoms with Gasteiger partial charge in [-0.3, -0.25) is 0 Å². The minimum absolute atomic E-state index is 0.213. The molecule has 0 heterocycles. The monoisotopic (exact) mass is 240 g/mol. The molecule has 1 aromatic rings. The van der Waals surface area contributed by atoms with Crippen molar-refractivity contribution in [2.24, 2.45) is 5.73 Å². The largest absolute Gasteiger partial charge is 0.393 e. The molecule has 0 fully saturated rings. The van der Waals surface area contributed by atoms with Gasteiger partial charge in [0.05, 0.1) is 6.10 Å². The van der Waals surface area contributed by atoms with Crippen molar-refractivity contribution in [3.63, 3.8) is 0 Å². The summed E-state index contributed by atoms with van der Waals surface area (Å²) >= 11 is 0. The van der Waals surface area contributed by atoms with Gasteiger partial charge in [-0.2, -0.15) is 0 Å². The number of rotatable bonds is 5. The summed E-state index contributed by atoms with van der Waals surface area (Å²) in [6.45, 7) is 4.30. The molecular formula is C13H21FN2O. The van der Waals surface area contributed by atoms with Gasteiger partial charge in [0.1, 0.15) is 5.82 Å². The summed E-state index contributed by atoms with van der Waals surface area (Å²) in [7, 11) is 1.92. The van der Waals surface area contributed by atoms with Crippen LogP contribution in [-0.4, -0.2) is 24.8 Å². The highest BCUT2D eigenvalue weighted by Crippen LogP contribution is 2.25. The van der Waals surface area contributed by atoms with Crippen molar-refractivity contribution in [3.8, 4) is 0 Å². The van der Waals surface area contributed by atoms with Crippen molar-refractivity contribution in [2.75, 3.05) is 18.5 Å². The smallest absolute Gasteiger partial charge is 0.123 e. The minimum atomic E-state index is -0.336. The molecule has 0 bridgehead atoms. The highest BCUT2D eigenvalue weighted by Gasteiger charge is 2.12. The Balaban J connectivity index is 2.88. The lowest BCUT2D eigenvalue weighted by atomic mass is 10.1. The summed E-state index contributed by atoms with van der Waals surface area (Å²) in [6, 6.07) is 4.42. The fraction of sp³-hybridized carbons (Fsp3) is 0.538. The molecule has 3 N–H and O–H groups in total. The number of nitrogens with two attached hydrogens (primary N) is 1. The summed E-state index contributed by atoms with van der Waals surface area (Å²) in [6.07, 6.45) is 0.336. The van der Waals surface area contributed by atoms with Gasteiger partial charge in [0.2, 0.25) is 0 Å². The van der Waals surface area contributed by atoms with Crippen molar-refractivity contribution in [3.05, 3.63) is 29.6 Å². The van der Waals surface area contributed by atoms with Crippen LogP contribution in [0, 0.1) is 5.82 Å². The van der Waals surface area contributed by atoms with Gasteiger partial charge in [0.25, 0.3) is 0 Å². The number of aliphatic hydroxyl groups excluding tert-OH is 1. The van der Waals surface area contributed by atoms with E-state index in [1.165, 1.54) is 12.1 Å². The van der Waals surface area contributed by atoms with Crippen LogP contribution in [0.2, 0.25) is 0 Å². The van der Waals surface area contributed by atoms with Crippen LogP contribution in [0.4, 0.5) is 10.1 Å². The van der Waals surface area contributed by atoms with Crippen LogP contribution in [0.15, 0.2) is 18.2 Å². The zero-order valence-corrected chi connectivity index (χ0v) is 10.7. The van der Waals surface area contributed by atoms with E-state index in [-0.39, 0.29) is 18.0 Å². The second kappa shape index (κ2) is 5.98. The first-order valence-electron chi connectivity index (χ1n) is 5.86. The summed E-state index contributed by atoms with van der Waals surface area (Å²) < 4.78 is 13.2. The van der Waals surface area contributed by atoms with Crippen LogP contribution in [0.1, 0.15) is 31.9 Å². The van der Waals surface area contributed by atoms with Gasteiger partial charge in [-0.05, 0) is 44.0 Å². The third-order valence-corrected chi connectivity index (χ3v) is 2.77. The molecule has 0 aliphatic rings. The van der Waals surface area contributed by atoms with E-state index in [9.17, 15) is 9.50 Å². The van der Waals surface area contributed by atoms with E-state index in [2.05, 4.69) is 0 Å². The Hall–Kier alpha value is -1.13. The molecular weight excluding hydrogens is 219 g/mol. The SMILES string of the molecule is CC(O)CCN(C)c1ccc(F)cc1C(C)N. The molecule has 0 saturated carbocycles. The van der Waals surface area contributed by atoms with Gasteiger partial charge >= 0.3 is 0 Å². The van der Waals surface area contributed by atoms with Gasteiger partial charge in [-0.15, -0.1) is 0 Å². The zero-order valence-electron chi connectivity index (χ0n) is 10.7. The molecule has 3 nitrogen and oxygen atoms in total. The van der Waals surface area contributed by atoms with Crippen LogP contribution in [0.3, 0.4) is 0 Å². The Morgan fingerprint density at radius 3 is 2.59 bits per heavy atom. The molecule has 2 atom stereocenters. The van der Waals surface area contributed by atoms with Gasteiger partial charge in [0, 0.05) is 25.3 Å². The van der Waals surface area contributed by atoms with E-state index in [0.717, 1.165) is 11.3 Å². The van der Waals surface area contributed by atoms with E-state index >= 15 is 0 Å². The van der Waals surface area contributed by atoms with Crippen LogP contribution >= 0.6 is 0 Å². The third kappa shape index (κ3) is 3.98. The zero-order chi connectivity index (χ0) is 13.0. The average molecular weight is 240 g/mol. The first-order chi connectivity index (χ1) is 7.91. The lowest BCUT2D eigenvalue weighted by Gasteiger charge is -2.24. The predicted molar refractivity (Wildman–Crippen MR) is 68.6 cm³/mol. The molecule has 0 aromatic heterocycles. The minimum Gasteiger partial charge on any atom is -0.393 e. The molecule has 1 aromatic carbocycles. The Kier molecular flexibility index (Phi) is 4.90. The molecule has 4 heteroatoms. The summed E-state index contributed by atoms with van der Waals surface area (Å²) in [4.78, 5) is 1.99. The number of benzene rings is 1. The molecule has 0 saturated heterocycles. The number of nitrogens with zero attached hydrogens (tertiary/aromatic N) is 1. The molecule has 0 spiro atoms. The second-order valence-electron chi connectivity index (χ2n) is 4.55. The Labute approximate surface area is 102 Å². The molecule has 1 rings (SSSR count). The van der Waals surface area contributed by atoms with Crippen LogP contribution in [-0.2, 0) is 0 Å². The maximum Gasteiger partial charge on any atom is 0.123 e. The fourth-order valence-corrected chi connectivity index (χ4v) is 1.74. The Morgan fingerprint density at radius 1 is 1.41 bits per heavy atom. The maximum atomic E-state index is 13.2. The van der Waals surface area contributed by atoms with E-state index in [1.807, 2.05) is 18.9 Å². The highest BCUT2D eigenvalue weighted by atomic mass is 19.1. The molecule has 0 aliphatic carbocycles. The molecule has 0 amide bonds. The van der Waals surface area contributed by atoms with Crippen LogP contribution in [0.5, 0.6) is 0 Å². The normalized spacial score (nSPS) is 14.5. The molecule has 17 heavy (non-hydrogen) atoms. The van der Waals surface area contributed by atoms with Gasteiger partial charge in [-0.1, -0.05) is 0 Å². The lowest BCUT2D eigenvalue weighted by Crippen LogP contribution is -2.24. The quantitative estimate of drug-likeness (QED) is 0.828. The van der Waals surface area contributed by atoms with E-state index < -0.39 is 0 Å². The third-order valence-electron chi connectivity index (χ3n) is 2.77. The Bertz CT molecular complexity index is 366. The fourth-order valence-electron chi connectivity index (χ4n) is 1.74. The van der Waals surface area contributed by atoms with E-state index in [0.29, 0.717) is 13.0 Å². The number of anilines is 1. The topological polar surface area (TPSA) is 49.5 Å². The van der Waals surface area contributed by atoms with Crippen LogP contribution < -0.4 is 10.6 Å². The van der Waals surface area contributed by atoms with Crippen LogP contribution in [0.25, 0.3) is 0 Å². The van der Waals surface area contributed by atoms with Gasteiger partial charge in [-0.25, -0.2) is 4.39 Å². The lowest BCUT2D eigenvalue weighted by molar-refractivity contribution is 0.187. The second-order valence-corrected chi connectivity index (χ2v) is 4.55. The van der Waals surface area contributed by atoms with Crippen molar-refractivity contribution in [1.29, 1.82) is 0 Å². The summed E-state index contributed by atoms with van der Waals surface area (Å²) in [5, 5.41) is 9.26. The van der Waals surface area contributed by atoms with Crippen molar-refractivity contribution in [1.82, 2.24) is 0 Å². The molecule has 96 valence electrons. The first kappa shape index (κ1) is 13.9. The standard InChI is InChI=1S/C13H21FN2O/c1-9(17)6-7-16(3)13-5-4-11(14)8-12(13)10(2)15/h4-5,8-10,17H,6-7,15H2,1-3H3. The van der Waals surface area contributed by atoms with E-state index in [4.69, 9.17) is 5.73 Å². The number of aliphatic hydroxyl groups is 1. The highest BCUT2D eigenvalue weighted by molar-refractivity contribution is 5.54. The Morgan fingerprint density at radius 2 is 2.06 bits per heavy atom. The number of halogens is 1. The van der Waals surface area contributed by atoms with Gasteiger partial charge in [0.15, 0.2) is 0 Å². The van der Waals surface area contributed by atoms with Crippen molar-refractivity contribution < 1.29 is 9.50 Å². The maximum absolute atomic E-state index is 13.2. The number of hydrogen-bond acceptors (Lipinski definition) is 3. The molecule has 2 unspecified atom stereocenters. The molecule has 0 aliphatic heterocycles. The summed E-state index contributed by atoms with van der Waals surface area (Å²) in [5.41, 5.74) is 7.54. The first-order valence-corrected chi connectivity index (χ1v) is 5.86. The molecule has 0 radical (unpaired) electrons. The predicted octanol–water partition coefficient (Wildman–Crippen LogP) is 2.05. The van der Waals surface area contributed by atoms with Crippen molar-refractivity contribution in [2.45, 2.75) is 32.4 Å². The van der Waals surface area contributed by atoms with E-state index in [1.54, 1.807) is 13.0 Å². The summed E-state index contributed by atoms with van der Waals surface area (Å²) in [5.74, 6) is -0.273. The average Bonchev–Trinajstić information content (AvgIpc) is 2.25. The van der Waals surface area contributed by atoms with Gasteiger partial charge < -0.3 is 15.7 Å². The van der Waals surface area contributed by atoms with Crippen molar-refractivity contribution >= 4 is 5.69 Å². The number of hydrogen-bond donors (Lipinski definition) is 2.